The van der Waals surface area contributed by atoms with Crippen LogP contribution >= 0.6 is 23.1 Å². The summed E-state index contributed by atoms with van der Waals surface area (Å²) in [6.07, 6.45) is 1.19. The molecule has 4 aromatic rings. The number of aliphatic hydroxyl groups excluding tert-OH is 1. The third kappa shape index (κ3) is 9.13. The normalized spacial score (nSPS) is 13.2. The highest BCUT2D eigenvalue weighted by Gasteiger charge is 2.30. The number of rotatable bonds is 13. The zero-order valence-corrected chi connectivity index (χ0v) is 27.9. The smallest absolute Gasteiger partial charge is 0.257 e. The zero-order valence-electron chi connectivity index (χ0n) is 25.5. The van der Waals surface area contributed by atoms with Crippen molar-refractivity contribution in [2.75, 3.05) is 29.2 Å². The largest absolute Gasteiger partial charge is 0.381 e. The van der Waals surface area contributed by atoms with Gasteiger partial charge in [-0.05, 0) is 48.9 Å². The Hall–Kier alpha value is -4.31. The molecule has 0 fully saturated rings. The third-order valence-corrected chi connectivity index (χ3v) is 10.0. The molecule has 0 radical (unpaired) electrons. The van der Waals surface area contributed by atoms with E-state index < -0.39 is 39.9 Å². The van der Waals surface area contributed by atoms with Crippen LogP contribution in [-0.2, 0) is 21.2 Å². The molecule has 0 saturated carbocycles. The van der Waals surface area contributed by atoms with Gasteiger partial charge in [0, 0.05) is 18.2 Å². The molecule has 3 aromatic carbocycles. The summed E-state index contributed by atoms with van der Waals surface area (Å²) in [5.41, 5.74) is 1.66. The van der Waals surface area contributed by atoms with Gasteiger partial charge in [-0.2, -0.15) is 0 Å². The monoisotopic (exact) mass is 682 g/mol. The average molecular weight is 683 g/mol. The average Bonchev–Trinajstić information content (AvgIpc) is 3.51. The topological polar surface area (TPSA) is 171 Å². The van der Waals surface area contributed by atoms with Gasteiger partial charge in [0.2, 0.25) is 15.2 Å². The summed E-state index contributed by atoms with van der Waals surface area (Å²) < 4.78 is 26.4. The Morgan fingerprint density at radius 3 is 2.09 bits per heavy atom. The van der Waals surface area contributed by atoms with Crippen LogP contribution < -0.4 is 20.3 Å². The maximum Gasteiger partial charge on any atom is 0.257 e. The molecule has 0 aliphatic carbocycles. The number of nitrogens with zero attached hydrogens (tertiary/aromatic N) is 3. The van der Waals surface area contributed by atoms with Gasteiger partial charge in [0.05, 0.1) is 24.0 Å². The summed E-state index contributed by atoms with van der Waals surface area (Å²) in [5, 5.41) is 27.3. The van der Waals surface area contributed by atoms with Crippen LogP contribution in [0.3, 0.4) is 0 Å². The quantitative estimate of drug-likeness (QED) is 0.122. The first kappa shape index (κ1) is 34.6. The number of benzene rings is 3. The molecule has 0 spiro atoms. The van der Waals surface area contributed by atoms with Crippen molar-refractivity contribution in [1.29, 1.82) is 0 Å². The Bertz CT molecular complexity index is 1790. The summed E-state index contributed by atoms with van der Waals surface area (Å²) in [4.78, 5) is 40.2. The van der Waals surface area contributed by atoms with E-state index in [1.54, 1.807) is 31.2 Å². The SMILES string of the molecule is CSc1nnc(NC(=O)[C@H](O)[C@H](Cc2ccccc2)NC(=O)c2cc(C(=O)N[C@H](C)c3ccccc3)cc(N(C)S(C)(=O)=O)c2)s1. The molecule has 1 heterocycles. The summed E-state index contributed by atoms with van der Waals surface area (Å²) >= 11 is 2.49. The Balaban J connectivity index is 1.64. The van der Waals surface area contributed by atoms with Crippen LogP contribution in [0.15, 0.2) is 83.2 Å². The van der Waals surface area contributed by atoms with Crippen LogP contribution in [0.25, 0.3) is 0 Å². The number of aliphatic hydroxyl groups is 1. The maximum absolute atomic E-state index is 13.7. The van der Waals surface area contributed by atoms with Crippen molar-refractivity contribution in [3.05, 3.63) is 101 Å². The minimum Gasteiger partial charge on any atom is -0.381 e. The number of hydrogen-bond acceptors (Lipinski definition) is 10. The highest BCUT2D eigenvalue weighted by Crippen LogP contribution is 2.24. The van der Waals surface area contributed by atoms with E-state index in [-0.39, 0.29) is 34.4 Å². The lowest BCUT2D eigenvalue weighted by Crippen LogP contribution is -2.50. The molecule has 3 atom stereocenters. The van der Waals surface area contributed by atoms with Crippen LogP contribution in [0.2, 0.25) is 0 Å². The second-order valence-corrected chi connectivity index (χ2v) is 14.4. The molecular weight excluding hydrogens is 649 g/mol. The summed E-state index contributed by atoms with van der Waals surface area (Å²) in [6.45, 7) is 1.80. The van der Waals surface area contributed by atoms with Gasteiger partial charge >= 0.3 is 0 Å². The maximum atomic E-state index is 13.7. The number of hydrogen-bond donors (Lipinski definition) is 4. The third-order valence-electron chi connectivity index (χ3n) is 7.03. The molecule has 12 nitrogen and oxygen atoms in total. The molecule has 4 rings (SSSR count). The van der Waals surface area contributed by atoms with Gasteiger partial charge in [-0.1, -0.05) is 83.8 Å². The lowest BCUT2D eigenvalue weighted by atomic mass is 9.99. The number of thioether (sulfide) groups is 1. The molecule has 0 saturated heterocycles. The van der Waals surface area contributed by atoms with E-state index in [1.165, 1.54) is 37.0 Å². The minimum atomic E-state index is -3.76. The van der Waals surface area contributed by atoms with Gasteiger partial charge < -0.3 is 15.7 Å². The standard InChI is InChI=1S/C31H34N6O6S3/c1-19(21-13-9-6-10-14-21)32-27(39)22-16-23(18-24(17-22)37(2)46(4,42)43)28(40)33-25(15-20-11-7-5-8-12-20)26(38)29(41)34-30-35-36-31(44-3)45-30/h5-14,16-19,25-26,38H,15H2,1-4H3,(H,32,39)(H,33,40)(H,34,35,41)/t19-,25+,26-/m1/s1. The molecule has 242 valence electrons. The molecule has 15 heteroatoms. The highest BCUT2D eigenvalue weighted by molar-refractivity contribution is 8.00. The minimum absolute atomic E-state index is 0.0414. The van der Waals surface area contributed by atoms with Gasteiger partial charge in [-0.25, -0.2) is 8.42 Å². The van der Waals surface area contributed by atoms with Gasteiger partial charge in [-0.15, -0.1) is 10.2 Å². The Labute approximate surface area is 275 Å². The number of aromatic nitrogens is 2. The molecule has 1 aromatic heterocycles. The molecule has 3 amide bonds. The van der Waals surface area contributed by atoms with E-state index in [0.29, 0.717) is 4.34 Å². The number of carbonyl (C=O) groups is 3. The zero-order chi connectivity index (χ0) is 33.4. The molecule has 4 N–H and O–H groups in total. The molecule has 0 unspecified atom stereocenters. The second kappa shape index (κ2) is 15.3. The van der Waals surface area contributed by atoms with E-state index in [4.69, 9.17) is 0 Å². The van der Waals surface area contributed by atoms with Crippen LogP contribution in [0.1, 0.15) is 44.8 Å². The van der Waals surface area contributed by atoms with Gasteiger partial charge in [-0.3, -0.25) is 24.0 Å². The summed E-state index contributed by atoms with van der Waals surface area (Å²) in [5.74, 6) is -2.07. The fourth-order valence-electron chi connectivity index (χ4n) is 4.42. The fraction of sp³-hybridized carbons (Fsp3) is 0.258. The predicted octanol–water partition coefficient (Wildman–Crippen LogP) is 3.49. The Morgan fingerprint density at radius 2 is 1.52 bits per heavy atom. The first-order chi connectivity index (χ1) is 21.8. The highest BCUT2D eigenvalue weighted by atomic mass is 32.2. The van der Waals surface area contributed by atoms with Crippen molar-refractivity contribution in [2.24, 2.45) is 0 Å². The second-order valence-electron chi connectivity index (χ2n) is 10.4. The van der Waals surface area contributed by atoms with E-state index in [0.717, 1.165) is 33.0 Å². The molecule has 0 aliphatic rings. The van der Waals surface area contributed by atoms with E-state index in [9.17, 15) is 27.9 Å². The van der Waals surface area contributed by atoms with E-state index in [2.05, 4.69) is 26.1 Å². The molecule has 46 heavy (non-hydrogen) atoms. The predicted molar refractivity (Wildman–Crippen MR) is 180 cm³/mol. The van der Waals surface area contributed by atoms with Crippen LogP contribution in [0.5, 0.6) is 0 Å². The molecular formula is C31H34N6O6S3. The van der Waals surface area contributed by atoms with Crippen molar-refractivity contribution in [1.82, 2.24) is 20.8 Å². The van der Waals surface area contributed by atoms with Crippen molar-refractivity contribution < 1.29 is 27.9 Å². The number of nitrogens with one attached hydrogen (secondary N) is 3. The van der Waals surface area contributed by atoms with Gasteiger partial charge in [0.25, 0.3) is 17.7 Å². The lowest BCUT2D eigenvalue weighted by Gasteiger charge is -2.24. The summed E-state index contributed by atoms with van der Waals surface area (Å²) in [6, 6.07) is 20.8. The first-order valence-electron chi connectivity index (χ1n) is 14.0. The first-order valence-corrected chi connectivity index (χ1v) is 17.9. The number of anilines is 2. The van der Waals surface area contributed by atoms with Crippen LogP contribution in [0, 0.1) is 0 Å². The lowest BCUT2D eigenvalue weighted by molar-refractivity contribution is -0.125. The number of carbonyl (C=O) groups excluding carboxylic acids is 3. The van der Waals surface area contributed by atoms with Crippen molar-refractivity contribution in [3.8, 4) is 0 Å². The van der Waals surface area contributed by atoms with Gasteiger partial charge in [0.15, 0.2) is 10.4 Å². The van der Waals surface area contributed by atoms with Crippen LogP contribution in [-0.4, -0.2) is 73.1 Å². The Kier molecular flexibility index (Phi) is 11.5. The van der Waals surface area contributed by atoms with Crippen molar-refractivity contribution in [2.45, 2.75) is 35.9 Å². The van der Waals surface area contributed by atoms with E-state index in [1.807, 2.05) is 42.7 Å². The van der Waals surface area contributed by atoms with Crippen molar-refractivity contribution in [3.63, 3.8) is 0 Å². The van der Waals surface area contributed by atoms with Crippen molar-refractivity contribution >= 4 is 61.7 Å². The fourth-order valence-corrected chi connectivity index (χ4v) is 6.08. The molecule has 0 bridgehead atoms. The number of sulfonamides is 1. The van der Waals surface area contributed by atoms with Crippen LogP contribution in [0.4, 0.5) is 10.8 Å². The Morgan fingerprint density at radius 1 is 0.935 bits per heavy atom. The van der Waals surface area contributed by atoms with E-state index >= 15 is 0 Å². The molecule has 0 aliphatic heterocycles. The van der Waals surface area contributed by atoms with Gasteiger partial charge in [0.1, 0.15) is 0 Å². The number of amides is 3. The summed E-state index contributed by atoms with van der Waals surface area (Å²) in [7, 11) is -2.45.